The number of carbonyl (C=O) groups is 1. The Morgan fingerprint density at radius 2 is 1.95 bits per heavy atom. The maximum atomic E-state index is 12.9. The Hall–Kier alpha value is -1.76. The number of rotatable bonds is 6. The summed E-state index contributed by atoms with van der Waals surface area (Å²) in [6, 6.07) is 5.55. The van der Waals surface area contributed by atoms with Gasteiger partial charge in [0.25, 0.3) is 0 Å². The Morgan fingerprint density at radius 3 is 2.57 bits per heavy atom. The van der Waals surface area contributed by atoms with Crippen molar-refractivity contribution in [3.63, 3.8) is 0 Å². The van der Waals surface area contributed by atoms with E-state index in [1.54, 1.807) is 11.6 Å². The summed E-state index contributed by atoms with van der Waals surface area (Å²) in [4.78, 5) is 12.3. The van der Waals surface area contributed by atoms with E-state index in [0.717, 1.165) is 0 Å². The fourth-order valence-electron chi connectivity index (χ4n) is 1.80. The lowest BCUT2D eigenvalue weighted by Crippen LogP contribution is -2.15. The minimum absolute atomic E-state index is 0.0703. The summed E-state index contributed by atoms with van der Waals surface area (Å²) >= 11 is 1.31. The summed E-state index contributed by atoms with van der Waals surface area (Å²) in [6.45, 7) is 6.64. The lowest BCUT2D eigenvalue weighted by molar-refractivity contribution is 0.0994. The summed E-state index contributed by atoms with van der Waals surface area (Å²) in [7, 11) is 0. The molecule has 21 heavy (non-hydrogen) atoms. The molecule has 0 saturated carbocycles. The molecule has 0 aliphatic rings. The maximum Gasteiger partial charge on any atom is 0.210 e. The number of hydrogen-bond donors (Lipinski definition) is 0. The average molecular weight is 308 g/mol. The molecule has 0 fully saturated rings. The van der Waals surface area contributed by atoms with Gasteiger partial charge in [-0.05, 0) is 47.5 Å². The molecular formula is C14H17FN4OS. The van der Waals surface area contributed by atoms with Crippen LogP contribution in [0.2, 0.25) is 0 Å². The van der Waals surface area contributed by atoms with Crippen molar-refractivity contribution in [3.8, 4) is 0 Å². The van der Waals surface area contributed by atoms with Crippen LogP contribution in [0.25, 0.3) is 0 Å². The first-order valence-corrected chi connectivity index (χ1v) is 7.58. The number of aromatic nitrogens is 4. The molecule has 0 aliphatic carbocycles. The second-order valence-electron chi connectivity index (χ2n) is 5.17. The van der Waals surface area contributed by atoms with Gasteiger partial charge in [0.15, 0.2) is 5.78 Å². The third-order valence-electron chi connectivity index (χ3n) is 2.82. The first kappa shape index (κ1) is 15.6. The second-order valence-corrected chi connectivity index (χ2v) is 6.48. The van der Waals surface area contributed by atoms with Crippen LogP contribution in [0.5, 0.6) is 0 Å². The Kier molecular flexibility index (Phi) is 5.06. The van der Waals surface area contributed by atoms with Crippen molar-refractivity contribution < 1.29 is 9.18 Å². The van der Waals surface area contributed by atoms with Crippen molar-refractivity contribution in [3.05, 3.63) is 35.6 Å². The van der Waals surface area contributed by atoms with Gasteiger partial charge < -0.3 is 0 Å². The molecule has 0 bridgehead atoms. The smallest absolute Gasteiger partial charge is 0.210 e. The van der Waals surface area contributed by atoms with Crippen LogP contribution in [0.4, 0.5) is 4.39 Å². The highest BCUT2D eigenvalue weighted by molar-refractivity contribution is 8.00. The molecule has 1 aromatic heterocycles. The lowest BCUT2D eigenvalue weighted by Gasteiger charge is -2.11. The number of nitrogens with zero attached hydrogens (tertiary/aromatic N) is 4. The van der Waals surface area contributed by atoms with E-state index in [9.17, 15) is 9.18 Å². The fraction of sp³-hybridized carbons (Fsp3) is 0.429. The topological polar surface area (TPSA) is 60.7 Å². The monoisotopic (exact) mass is 308 g/mol. The van der Waals surface area contributed by atoms with Crippen LogP contribution in [-0.2, 0) is 6.54 Å². The molecule has 1 heterocycles. The molecule has 1 unspecified atom stereocenters. The van der Waals surface area contributed by atoms with E-state index in [1.165, 1.54) is 36.0 Å². The van der Waals surface area contributed by atoms with Gasteiger partial charge in [0.2, 0.25) is 5.16 Å². The molecule has 1 aromatic carbocycles. The van der Waals surface area contributed by atoms with Crippen LogP contribution in [0.1, 0.15) is 31.1 Å². The Bertz CT molecular complexity index is 612. The summed E-state index contributed by atoms with van der Waals surface area (Å²) in [5.74, 6) is -0.0113. The zero-order valence-corrected chi connectivity index (χ0v) is 13.0. The van der Waals surface area contributed by atoms with Crippen LogP contribution in [0.3, 0.4) is 0 Å². The van der Waals surface area contributed by atoms with Crippen molar-refractivity contribution in [2.75, 3.05) is 0 Å². The van der Waals surface area contributed by atoms with Crippen molar-refractivity contribution in [1.82, 2.24) is 20.2 Å². The average Bonchev–Trinajstić information content (AvgIpc) is 2.85. The van der Waals surface area contributed by atoms with E-state index >= 15 is 0 Å². The van der Waals surface area contributed by atoms with Crippen LogP contribution in [0, 0.1) is 11.7 Å². The summed E-state index contributed by atoms with van der Waals surface area (Å²) in [5, 5.41) is 11.8. The normalized spacial score (nSPS) is 12.6. The van der Waals surface area contributed by atoms with Crippen molar-refractivity contribution in [2.24, 2.45) is 5.92 Å². The van der Waals surface area contributed by atoms with Gasteiger partial charge in [-0.2, -0.15) is 0 Å². The van der Waals surface area contributed by atoms with E-state index < -0.39 is 0 Å². The van der Waals surface area contributed by atoms with Crippen LogP contribution < -0.4 is 0 Å². The Morgan fingerprint density at radius 1 is 1.29 bits per heavy atom. The molecule has 0 radical (unpaired) electrons. The number of carbonyl (C=O) groups excluding carboxylic acids is 1. The predicted molar refractivity (Wildman–Crippen MR) is 78.7 cm³/mol. The fourth-order valence-corrected chi connectivity index (χ4v) is 2.68. The number of tetrazole rings is 1. The van der Waals surface area contributed by atoms with Gasteiger partial charge in [0.1, 0.15) is 5.82 Å². The largest absolute Gasteiger partial charge is 0.293 e. The highest BCUT2D eigenvalue weighted by Gasteiger charge is 2.20. The van der Waals surface area contributed by atoms with Crippen LogP contribution in [0.15, 0.2) is 29.4 Å². The van der Waals surface area contributed by atoms with Crippen molar-refractivity contribution >= 4 is 17.5 Å². The standard InChI is InChI=1S/C14H17FN4OS/c1-9(2)8-19-14(16-17-18-19)21-10(3)13(20)11-4-6-12(15)7-5-11/h4-7,9-10H,8H2,1-3H3. The van der Waals surface area contributed by atoms with Gasteiger partial charge in [0, 0.05) is 12.1 Å². The van der Waals surface area contributed by atoms with Crippen LogP contribution in [-0.4, -0.2) is 31.2 Å². The quantitative estimate of drug-likeness (QED) is 0.606. The van der Waals surface area contributed by atoms with Gasteiger partial charge in [-0.3, -0.25) is 4.79 Å². The van der Waals surface area contributed by atoms with E-state index in [4.69, 9.17) is 0 Å². The Labute approximate surface area is 126 Å². The Balaban J connectivity index is 2.07. The zero-order valence-electron chi connectivity index (χ0n) is 12.2. The molecule has 0 N–H and O–H groups in total. The number of Topliss-reactive ketones (excluding diaryl/α,β-unsaturated/α-hetero) is 1. The molecule has 0 aliphatic heterocycles. The van der Waals surface area contributed by atoms with E-state index in [-0.39, 0.29) is 16.9 Å². The minimum atomic E-state index is -0.354. The minimum Gasteiger partial charge on any atom is -0.293 e. The van der Waals surface area contributed by atoms with Crippen LogP contribution >= 0.6 is 11.8 Å². The summed E-state index contributed by atoms with van der Waals surface area (Å²) in [5.41, 5.74) is 0.485. The molecule has 7 heteroatoms. The molecular weight excluding hydrogens is 291 g/mol. The van der Waals surface area contributed by atoms with Gasteiger partial charge in [0.05, 0.1) is 5.25 Å². The number of thioether (sulfide) groups is 1. The van der Waals surface area contributed by atoms with Gasteiger partial charge in [-0.1, -0.05) is 25.6 Å². The van der Waals surface area contributed by atoms with Gasteiger partial charge in [-0.15, -0.1) is 5.10 Å². The SMILES string of the molecule is CC(C)Cn1nnnc1SC(C)C(=O)c1ccc(F)cc1. The van der Waals surface area contributed by atoms with E-state index in [0.29, 0.717) is 23.2 Å². The molecule has 112 valence electrons. The van der Waals surface area contributed by atoms with Crippen molar-refractivity contribution in [2.45, 2.75) is 37.7 Å². The lowest BCUT2D eigenvalue weighted by atomic mass is 10.1. The number of benzene rings is 1. The highest BCUT2D eigenvalue weighted by Crippen LogP contribution is 2.23. The van der Waals surface area contributed by atoms with Gasteiger partial charge in [-0.25, -0.2) is 9.07 Å². The molecule has 1 atom stereocenters. The second kappa shape index (κ2) is 6.80. The number of hydrogen-bond acceptors (Lipinski definition) is 5. The van der Waals surface area contributed by atoms with E-state index in [2.05, 4.69) is 29.4 Å². The molecule has 5 nitrogen and oxygen atoms in total. The summed E-state index contributed by atoms with van der Waals surface area (Å²) in [6.07, 6.45) is 0. The molecule has 2 aromatic rings. The highest BCUT2D eigenvalue weighted by atomic mass is 32.2. The van der Waals surface area contributed by atoms with E-state index in [1.807, 2.05) is 0 Å². The zero-order chi connectivity index (χ0) is 15.4. The van der Waals surface area contributed by atoms with Gasteiger partial charge >= 0.3 is 0 Å². The predicted octanol–water partition coefficient (Wildman–Crippen LogP) is 2.83. The molecule has 0 saturated heterocycles. The van der Waals surface area contributed by atoms with Crippen molar-refractivity contribution in [1.29, 1.82) is 0 Å². The molecule has 2 rings (SSSR count). The third kappa shape index (κ3) is 4.10. The first-order chi connectivity index (χ1) is 9.97. The third-order valence-corrected chi connectivity index (χ3v) is 3.89. The summed E-state index contributed by atoms with van der Waals surface area (Å²) < 4.78 is 14.6. The number of halogens is 1. The molecule has 0 amide bonds. The maximum absolute atomic E-state index is 12.9. The first-order valence-electron chi connectivity index (χ1n) is 6.70. The molecule has 0 spiro atoms. The number of ketones is 1.